The van der Waals surface area contributed by atoms with Gasteiger partial charge in [0.1, 0.15) is 6.17 Å². The van der Waals surface area contributed by atoms with Gasteiger partial charge in [-0.1, -0.05) is 182 Å². The van der Waals surface area contributed by atoms with Crippen molar-refractivity contribution in [3.8, 4) is 11.1 Å². The van der Waals surface area contributed by atoms with Gasteiger partial charge in [-0.3, -0.25) is 15.0 Å². The van der Waals surface area contributed by atoms with E-state index in [-0.39, 0.29) is 0 Å². The molecule has 0 saturated heterocycles. The molecule has 1 aliphatic rings. The molecule has 0 radical (unpaired) electrons. The monoisotopic (exact) mass is 762 g/mol. The average molecular weight is 763 g/mol. The molecule has 10 aromatic rings. The Labute approximate surface area is 341 Å². The summed E-state index contributed by atoms with van der Waals surface area (Å²) in [4.78, 5) is 7.41. The smallest absolute Gasteiger partial charge is 0.204 e. The summed E-state index contributed by atoms with van der Waals surface area (Å²) >= 11 is 1.80. The molecule has 0 saturated carbocycles. The average Bonchev–Trinajstić information content (AvgIpc) is 3.94. The van der Waals surface area contributed by atoms with Crippen LogP contribution in [-0.4, -0.2) is 28.7 Å². The van der Waals surface area contributed by atoms with Crippen molar-refractivity contribution < 1.29 is 0 Å². The summed E-state index contributed by atoms with van der Waals surface area (Å²) in [5.41, 5.74) is 10.7. The number of aromatic nitrogens is 1. The van der Waals surface area contributed by atoms with E-state index in [2.05, 4.69) is 185 Å². The van der Waals surface area contributed by atoms with E-state index in [0.717, 1.165) is 32.9 Å². The first-order valence-electron chi connectivity index (χ1n) is 19.7. The fourth-order valence-electron chi connectivity index (χ4n) is 9.53. The second kappa shape index (κ2) is 13.5. The predicted molar refractivity (Wildman–Crippen MR) is 244 cm³/mol. The van der Waals surface area contributed by atoms with Crippen LogP contribution in [-0.2, 0) is 5.41 Å². The number of hydrogen-bond donors (Lipinski definition) is 1. The highest BCUT2D eigenvalue weighted by molar-refractivity contribution is 7.26. The lowest BCUT2D eigenvalue weighted by Crippen LogP contribution is -2.36. The Morgan fingerprint density at radius 3 is 1.98 bits per heavy atom. The molecule has 1 unspecified atom stereocenters. The number of nitrogens with zero attached hydrogens (tertiary/aromatic N) is 3. The van der Waals surface area contributed by atoms with Crippen molar-refractivity contribution in [3.63, 3.8) is 0 Å². The van der Waals surface area contributed by atoms with Gasteiger partial charge in [-0.05, 0) is 45.5 Å². The van der Waals surface area contributed by atoms with Crippen LogP contribution in [0.15, 0.2) is 199 Å². The zero-order valence-corrected chi connectivity index (χ0v) is 32.7. The molecular weight excluding hydrogens is 725 g/mol. The third-order valence-corrected chi connectivity index (χ3v) is 13.3. The highest BCUT2D eigenvalue weighted by Crippen LogP contribution is 2.58. The van der Waals surface area contributed by atoms with E-state index in [1.165, 1.54) is 53.6 Å². The molecule has 2 heterocycles. The molecule has 0 aliphatic heterocycles. The summed E-state index contributed by atoms with van der Waals surface area (Å²) in [5, 5.41) is 15.2. The number of para-hydroxylation sites is 1. The fourth-order valence-corrected chi connectivity index (χ4v) is 10.8. The van der Waals surface area contributed by atoms with Crippen LogP contribution >= 0.6 is 11.3 Å². The molecule has 1 atom stereocenters. The van der Waals surface area contributed by atoms with Crippen molar-refractivity contribution in [1.29, 1.82) is 5.41 Å². The standard InChI is InChI=1S/C53H38N4S/c1-56(51(55-34-35-18-5-2-6-19-35)44-28-17-27-43-40-26-13-16-31-47(40)58-50(43)44)52(54)57-46-30-15-12-25-39(46)42-33-32-41-38-24-11-14-29-45(38)53(48(41)49(42)57,36-20-7-3-8-21-36)37-22-9-4-10-23-37/h2-34,51,54H,1H3/b54-52?,55-34+. The maximum absolute atomic E-state index is 10.5. The summed E-state index contributed by atoms with van der Waals surface area (Å²) < 4.78 is 4.62. The van der Waals surface area contributed by atoms with E-state index in [1.54, 1.807) is 11.3 Å². The Bertz CT molecular complexity index is 3180. The molecule has 1 aliphatic carbocycles. The molecule has 5 heteroatoms. The lowest BCUT2D eigenvalue weighted by molar-refractivity contribution is 0.379. The van der Waals surface area contributed by atoms with Crippen molar-refractivity contribution in [2.24, 2.45) is 4.99 Å². The number of hydrogen-bond acceptors (Lipinski definition) is 3. The van der Waals surface area contributed by atoms with Crippen LogP contribution in [0.3, 0.4) is 0 Å². The van der Waals surface area contributed by atoms with Crippen molar-refractivity contribution in [2.75, 3.05) is 7.05 Å². The van der Waals surface area contributed by atoms with Crippen LogP contribution in [0.4, 0.5) is 0 Å². The molecule has 8 aromatic carbocycles. The minimum absolute atomic E-state index is 0.346. The first kappa shape index (κ1) is 34.2. The topological polar surface area (TPSA) is 44.4 Å². The van der Waals surface area contributed by atoms with E-state index in [4.69, 9.17) is 4.99 Å². The highest BCUT2D eigenvalue weighted by Gasteiger charge is 2.48. The van der Waals surface area contributed by atoms with Crippen LogP contribution in [0, 0.1) is 5.41 Å². The minimum atomic E-state index is -0.646. The van der Waals surface area contributed by atoms with Crippen LogP contribution in [0.1, 0.15) is 39.5 Å². The molecule has 0 spiro atoms. The Morgan fingerprint density at radius 1 is 0.603 bits per heavy atom. The molecular formula is C53H38N4S. The maximum atomic E-state index is 10.5. The number of fused-ring (bicyclic) bond motifs is 10. The fraction of sp³-hybridized carbons (Fsp3) is 0.0566. The van der Waals surface area contributed by atoms with Gasteiger partial charge in [0.2, 0.25) is 5.96 Å². The molecule has 1 N–H and O–H groups in total. The lowest BCUT2D eigenvalue weighted by atomic mass is 9.67. The zero-order valence-electron chi connectivity index (χ0n) is 31.9. The van der Waals surface area contributed by atoms with Gasteiger partial charge < -0.3 is 4.90 Å². The van der Waals surface area contributed by atoms with Gasteiger partial charge in [0.15, 0.2) is 0 Å². The van der Waals surface area contributed by atoms with E-state index >= 15 is 0 Å². The molecule has 0 bridgehead atoms. The van der Waals surface area contributed by atoms with E-state index in [9.17, 15) is 5.41 Å². The largest absolute Gasteiger partial charge is 0.319 e. The van der Waals surface area contributed by atoms with Gasteiger partial charge in [0, 0.05) is 55.3 Å². The number of benzene rings is 8. The SMILES string of the molecule is CN(C(=N)n1c2ccccc2c2ccc3c(c21)C(c1ccccc1)(c1ccccc1)c1ccccc1-3)C(/N=C/c1ccccc1)c1cccc2c1sc1ccccc12. The molecule has 58 heavy (non-hydrogen) atoms. The second-order valence-electron chi connectivity index (χ2n) is 15.1. The van der Waals surface area contributed by atoms with Crippen LogP contribution < -0.4 is 0 Å². The Hall–Kier alpha value is -7.08. The highest BCUT2D eigenvalue weighted by atomic mass is 32.1. The van der Waals surface area contributed by atoms with Crippen molar-refractivity contribution >= 4 is 65.5 Å². The molecule has 2 aromatic heterocycles. The van der Waals surface area contributed by atoms with E-state index < -0.39 is 11.6 Å². The van der Waals surface area contributed by atoms with Crippen LogP contribution in [0.5, 0.6) is 0 Å². The molecule has 276 valence electrons. The summed E-state index contributed by atoms with van der Waals surface area (Å²) in [6.07, 6.45) is 1.46. The van der Waals surface area contributed by atoms with Crippen molar-refractivity contribution in [3.05, 3.63) is 228 Å². The summed E-state index contributed by atoms with van der Waals surface area (Å²) in [5.74, 6) is 0.346. The summed E-state index contributed by atoms with van der Waals surface area (Å²) in [7, 11) is 2.03. The molecule has 0 amide bonds. The van der Waals surface area contributed by atoms with Gasteiger partial charge in [-0.15, -0.1) is 11.3 Å². The quantitative estimate of drug-likeness (QED) is 0.133. The molecule has 4 nitrogen and oxygen atoms in total. The summed E-state index contributed by atoms with van der Waals surface area (Å²) in [6, 6.07) is 69.3. The third kappa shape index (κ3) is 5.00. The second-order valence-corrected chi connectivity index (χ2v) is 16.1. The van der Waals surface area contributed by atoms with Crippen molar-refractivity contribution in [1.82, 2.24) is 9.47 Å². The van der Waals surface area contributed by atoms with Gasteiger partial charge in [-0.2, -0.15) is 0 Å². The van der Waals surface area contributed by atoms with E-state index in [1.807, 2.05) is 31.5 Å². The van der Waals surface area contributed by atoms with Gasteiger partial charge in [0.25, 0.3) is 0 Å². The Balaban J connectivity index is 1.20. The zero-order chi connectivity index (χ0) is 38.8. The van der Waals surface area contributed by atoms with Gasteiger partial charge in [0.05, 0.1) is 16.4 Å². The molecule has 11 rings (SSSR count). The van der Waals surface area contributed by atoms with Crippen LogP contribution in [0.2, 0.25) is 0 Å². The first-order valence-corrected chi connectivity index (χ1v) is 20.5. The number of nitrogens with one attached hydrogen (secondary N) is 1. The molecule has 0 fully saturated rings. The Kier molecular flexibility index (Phi) is 7.98. The number of thiophene rings is 1. The van der Waals surface area contributed by atoms with Crippen LogP contribution in [0.25, 0.3) is 53.1 Å². The number of aliphatic imine (C=N–C) groups is 1. The number of rotatable bonds is 6. The summed E-state index contributed by atoms with van der Waals surface area (Å²) in [6.45, 7) is 0. The van der Waals surface area contributed by atoms with Gasteiger partial charge in [-0.25, -0.2) is 0 Å². The van der Waals surface area contributed by atoms with Gasteiger partial charge >= 0.3 is 0 Å². The van der Waals surface area contributed by atoms with E-state index in [0.29, 0.717) is 5.96 Å². The minimum Gasteiger partial charge on any atom is -0.319 e. The first-order chi connectivity index (χ1) is 28.6. The third-order valence-electron chi connectivity index (χ3n) is 12.0. The maximum Gasteiger partial charge on any atom is 0.204 e. The Morgan fingerprint density at radius 2 is 1.22 bits per heavy atom. The predicted octanol–water partition coefficient (Wildman–Crippen LogP) is 13.1. The normalized spacial score (nSPS) is 13.7. The van der Waals surface area contributed by atoms with Crippen molar-refractivity contribution in [2.45, 2.75) is 11.6 Å². The lowest BCUT2D eigenvalue weighted by Gasteiger charge is -2.35.